The summed E-state index contributed by atoms with van der Waals surface area (Å²) < 4.78 is 20.3. The van der Waals surface area contributed by atoms with E-state index in [9.17, 15) is 4.79 Å². The molecule has 2 aromatic heterocycles. The van der Waals surface area contributed by atoms with E-state index in [0.717, 1.165) is 73.7 Å². The lowest BCUT2D eigenvalue weighted by Gasteiger charge is -2.35. The van der Waals surface area contributed by atoms with Crippen LogP contribution in [0.5, 0.6) is 0 Å². The van der Waals surface area contributed by atoms with Crippen LogP contribution < -0.4 is 10.6 Å². The Hall–Kier alpha value is -3.08. The highest BCUT2D eigenvalue weighted by Gasteiger charge is 2.41. The number of urea groups is 1. The Morgan fingerprint density at radius 2 is 1.85 bits per heavy atom. The van der Waals surface area contributed by atoms with Crippen molar-refractivity contribution < 1.29 is 19.0 Å². The second kappa shape index (κ2) is 11.4. The molecule has 3 aliphatic rings. The SMILES string of the molecule is CCCC1CC(c2nc(-c3ccc(NC(=O)NC)cc3)nc3c2cnn3C2CCC3(CC2)OCCO3)CC(C)O1. The molecule has 40 heavy (non-hydrogen) atoms. The molecule has 4 heterocycles. The number of carbonyl (C=O) groups excluding carboxylic acids is 1. The summed E-state index contributed by atoms with van der Waals surface area (Å²) in [5.74, 6) is 0.532. The summed E-state index contributed by atoms with van der Waals surface area (Å²) in [5, 5.41) is 11.3. The zero-order chi connectivity index (χ0) is 27.7. The second-order valence-corrected chi connectivity index (χ2v) is 11.4. The van der Waals surface area contributed by atoms with E-state index < -0.39 is 5.79 Å². The predicted octanol–water partition coefficient (Wildman–Crippen LogP) is 5.55. The van der Waals surface area contributed by atoms with Gasteiger partial charge in [0.2, 0.25) is 0 Å². The smallest absolute Gasteiger partial charge is 0.318 e. The number of hydrogen-bond acceptors (Lipinski definition) is 7. The fraction of sp³-hybridized carbons (Fsp3) is 0.600. The summed E-state index contributed by atoms with van der Waals surface area (Å²) >= 11 is 0. The van der Waals surface area contributed by atoms with Crippen LogP contribution in [0.15, 0.2) is 30.5 Å². The number of aromatic nitrogens is 4. The lowest BCUT2D eigenvalue weighted by molar-refractivity contribution is -0.181. The standard InChI is InChI=1S/C30H40N6O4/c1-4-5-24-17-21(16-19(2)40-24)26-25-18-32-36(23-10-12-30(13-11-23)38-14-15-39-30)28(25)35-27(34-26)20-6-8-22(9-7-20)33-29(37)31-3/h6-9,18-19,21,23-24H,4-5,10-17H2,1-3H3,(H2,31,33,37). The van der Waals surface area contributed by atoms with Gasteiger partial charge in [0, 0.05) is 37.1 Å². The maximum absolute atomic E-state index is 11.8. The number of rotatable bonds is 6. The van der Waals surface area contributed by atoms with E-state index in [-0.39, 0.29) is 30.2 Å². The number of ether oxygens (including phenoxy) is 3. The van der Waals surface area contributed by atoms with Gasteiger partial charge in [-0.2, -0.15) is 5.10 Å². The molecular weight excluding hydrogens is 508 g/mol. The number of benzene rings is 1. The average Bonchev–Trinajstić information content (AvgIpc) is 3.61. The number of amides is 2. The van der Waals surface area contributed by atoms with E-state index in [4.69, 9.17) is 29.3 Å². The molecule has 1 aromatic carbocycles. The van der Waals surface area contributed by atoms with E-state index in [1.807, 2.05) is 30.5 Å². The van der Waals surface area contributed by atoms with Gasteiger partial charge < -0.3 is 24.8 Å². The van der Waals surface area contributed by atoms with Crippen molar-refractivity contribution in [1.82, 2.24) is 25.1 Å². The fourth-order valence-electron chi connectivity index (χ4n) is 6.61. The largest absolute Gasteiger partial charge is 0.375 e. The van der Waals surface area contributed by atoms with E-state index >= 15 is 0 Å². The van der Waals surface area contributed by atoms with Gasteiger partial charge in [0.1, 0.15) is 0 Å². The molecule has 0 radical (unpaired) electrons. The number of nitrogens with zero attached hydrogens (tertiary/aromatic N) is 4. The van der Waals surface area contributed by atoms with Crippen LogP contribution in [0.2, 0.25) is 0 Å². The lowest BCUT2D eigenvalue weighted by Crippen LogP contribution is -2.36. The molecule has 1 saturated carbocycles. The maximum atomic E-state index is 11.8. The van der Waals surface area contributed by atoms with Gasteiger partial charge in [-0.1, -0.05) is 13.3 Å². The molecule has 1 aliphatic carbocycles. The first-order valence-corrected chi connectivity index (χ1v) is 14.7. The van der Waals surface area contributed by atoms with Crippen LogP contribution in [0.25, 0.3) is 22.4 Å². The Morgan fingerprint density at radius 1 is 1.10 bits per heavy atom. The topological polar surface area (TPSA) is 112 Å². The van der Waals surface area contributed by atoms with Crippen molar-refractivity contribution in [3.8, 4) is 11.4 Å². The summed E-state index contributed by atoms with van der Waals surface area (Å²) in [6, 6.07) is 7.66. The molecule has 0 bridgehead atoms. The van der Waals surface area contributed by atoms with E-state index in [1.165, 1.54) is 0 Å². The third-order valence-corrected chi connectivity index (χ3v) is 8.57. The van der Waals surface area contributed by atoms with Crippen LogP contribution in [0.3, 0.4) is 0 Å². The molecule has 1 spiro atoms. The summed E-state index contributed by atoms with van der Waals surface area (Å²) in [4.78, 5) is 22.0. The molecule has 10 nitrogen and oxygen atoms in total. The summed E-state index contributed by atoms with van der Waals surface area (Å²) in [6.45, 7) is 5.73. The predicted molar refractivity (Wildman–Crippen MR) is 152 cm³/mol. The highest BCUT2D eigenvalue weighted by Crippen LogP contribution is 2.42. The Kier molecular flexibility index (Phi) is 7.74. The van der Waals surface area contributed by atoms with Gasteiger partial charge >= 0.3 is 6.03 Å². The second-order valence-electron chi connectivity index (χ2n) is 11.4. The van der Waals surface area contributed by atoms with Crippen LogP contribution in [0.1, 0.15) is 82.9 Å². The lowest BCUT2D eigenvalue weighted by atomic mass is 9.86. The van der Waals surface area contributed by atoms with Crippen molar-refractivity contribution in [2.24, 2.45) is 0 Å². The molecule has 3 fully saturated rings. The van der Waals surface area contributed by atoms with Crippen LogP contribution in [-0.2, 0) is 14.2 Å². The fourth-order valence-corrected chi connectivity index (χ4v) is 6.61. The van der Waals surface area contributed by atoms with Crippen molar-refractivity contribution >= 4 is 22.8 Å². The Bertz CT molecular complexity index is 1330. The molecule has 3 unspecified atom stereocenters. The monoisotopic (exact) mass is 548 g/mol. The van der Waals surface area contributed by atoms with E-state index in [2.05, 4.69) is 29.2 Å². The van der Waals surface area contributed by atoms with Crippen molar-refractivity contribution in [3.05, 3.63) is 36.2 Å². The summed E-state index contributed by atoms with van der Waals surface area (Å²) in [5.41, 5.74) is 3.55. The summed E-state index contributed by atoms with van der Waals surface area (Å²) in [6.07, 6.45) is 9.97. The quantitative estimate of drug-likeness (QED) is 0.415. The molecule has 2 amide bonds. The Morgan fingerprint density at radius 3 is 2.55 bits per heavy atom. The molecule has 214 valence electrons. The Labute approximate surface area is 235 Å². The van der Waals surface area contributed by atoms with Gasteiger partial charge in [-0.3, -0.25) is 0 Å². The number of anilines is 1. The van der Waals surface area contributed by atoms with Crippen LogP contribution >= 0.6 is 0 Å². The highest BCUT2D eigenvalue weighted by atomic mass is 16.7. The maximum Gasteiger partial charge on any atom is 0.318 e. The van der Waals surface area contributed by atoms with Crippen molar-refractivity contribution in [3.63, 3.8) is 0 Å². The van der Waals surface area contributed by atoms with E-state index in [1.54, 1.807) is 7.05 Å². The molecule has 2 aliphatic heterocycles. The Balaban J connectivity index is 1.37. The highest BCUT2D eigenvalue weighted by molar-refractivity contribution is 5.89. The van der Waals surface area contributed by atoms with Crippen LogP contribution in [-0.4, -0.2) is 64.0 Å². The van der Waals surface area contributed by atoms with Crippen LogP contribution in [0.4, 0.5) is 10.5 Å². The third-order valence-electron chi connectivity index (χ3n) is 8.57. The molecule has 2 N–H and O–H groups in total. The molecule has 6 rings (SSSR count). The minimum Gasteiger partial charge on any atom is -0.375 e. The third kappa shape index (κ3) is 5.44. The molecule has 3 aromatic rings. The first-order chi connectivity index (χ1) is 19.5. The number of nitrogens with one attached hydrogen (secondary N) is 2. The minimum absolute atomic E-state index is 0.176. The van der Waals surface area contributed by atoms with Gasteiger partial charge in [0.25, 0.3) is 0 Å². The van der Waals surface area contributed by atoms with Crippen molar-refractivity contribution in [1.29, 1.82) is 0 Å². The average molecular weight is 549 g/mol. The molecular formula is C30H40N6O4. The molecule has 3 atom stereocenters. The van der Waals surface area contributed by atoms with Gasteiger partial charge in [-0.05, 0) is 63.3 Å². The zero-order valence-electron chi connectivity index (χ0n) is 23.7. The zero-order valence-corrected chi connectivity index (χ0v) is 23.7. The number of carbonyl (C=O) groups is 1. The van der Waals surface area contributed by atoms with Crippen LogP contribution in [0, 0.1) is 0 Å². The van der Waals surface area contributed by atoms with Gasteiger partial charge in [-0.15, -0.1) is 0 Å². The van der Waals surface area contributed by atoms with Gasteiger partial charge in [0.15, 0.2) is 17.3 Å². The molecule has 2 saturated heterocycles. The number of hydrogen-bond donors (Lipinski definition) is 2. The van der Waals surface area contributed by atoms with Gasteiger partial charge in [-0.25, -0.2) is 19.4 Å². The normalized spacial score (nSPS) is 24.9. The molecule has 10 heteroatoms. The first kappa shape index (κ1) is 27.1. The minimum atomic E-state index is -0.415. The summed E-state index contributed by atoms with van der Waals surface area (Å²) in [7, 11) is 1.60. The first-order valence-electron chi connectivity index (χ1n) is 14.7. The van der Waals surface area contributed by atoms with E-state index in [0.29, 0.717) is 24.7 Å². The van der Waals surface area contributed by atoms with Gasteiger partial charge in [0.05, 0.1) is 48.7 Å². The number of fused-ring (bicyclic) bond motifs is 1. The van der Waals surface area contributed by atoms with Crippen molar-refractivity contribution in [2.75, 3.05) is 25.6 Å². The van der Waals surface area contributed by atoms with Crippen molar-refractivity contribution in [2.45, 2.75) is 95.2 Å².